The fourth-order valence-corrected chi connectivity index (χ4v) is 0.805. The summed E-state index contributed by atoms with van der Waals surface area (Å²) in [6.45, 7) is 0. The number of amides is 1. The second-order valence-corrected chi connectivity index (χ2v) is 2.28. The minimum Gasteiger partial charge on any atom is -0.481 e. The number of ether oxygens (including phenoxy) is 1. The Morgan fingerprint density at radius 2 is 2.23 bits per heavy atom. The zero-order valence-electron chi connectivity index (χ0n) is 6.98. The van der Waals surface area contributed by atoms with Gasteiger partial charge in [-0.3, -0.25) is 9.59 Å². The van der Waals surface area contributed by atoms with Crippen molar-refractivity contribution in [2.45, 2.75) is 0 Å². The van der Waals surface area contributed by atoms with Gasteiger partial charge in [-0.2, -0.15) is 0 Å². The van der Waals surface area contributed by atoms with Gasteiger partial charge in [0.1, 0.15) is 0 Å². The molecule has 1 aromatic rings. The van der Waals surface area contributed by atoms with Crippen LogP contribution in [0.5, 0.6) is 5.88 Å². The molecule has 1 rings (SSSR count). The highest BCUT2D eigenvalue weighted by molar-refractivity contribution is 6.42. The first-order chi connectivity index (χ1) is 6.15. The number of pyridine rings is 1. The van der Waals surface area contributed by atoms with Crippen LogP contribution in [0.25, 0.3) is 0 Å². The fourth-order valence-electron chi connectivity index (χ4n) is 0.805. The highest BCUT2D eigenvalue weighted by Gasteiger charge is 2.12. The van der Waals surface area contributed by atoms with E-state index in [4.69, 9.17) is 10.5 Å². The molecule has 1 amide bonds. The van der Waals surface area contributed by atoms with E-state index in [1.165, 1.54) is 25.4 Å². The number of Topliss-reactive ketones (excluding diaryl/α,β-unsaturated/α-hetero) is 1. The van der Waals surface area contributed by atoms with E-state index >= 15 is 0 Å². The molecule has 5 nitrogen and oxygen atoms in total. The van der Waals surface area contributed by atoms with Gasteiger partial charge in [-0.25, -0.2) is 4.98 Å². The molecule has 0 spiro atoms. The number of aromatic nitrogens is 1. The van der Waals surface area contributed by atoms with Gasteiger partial charge in [0.15, 0.2) is 0 Å². The molecule has 2 N–H and O–H groups in total. The third-order valence-electron chi connectivity index (χ3n) is 1.43. The van der Waals surface area contributed by atoms with Crippen LogP contribution < -0.4 is 10.5 Å². The number of hydrogen-bond acceptors (Lipinski definition) is 4. The van der Waals surface area contributed by atoms with Crippen LogP contribution >= 0.6 is 0 Å². The Morgan fingerprint density at radius 1 is 1.54 bits per heavy atom. The maximum absolute atomic E-state index is 11.1. The third kappa shape index (κ3) is 2.02. The highest BCUT2D eigenvalue weighted by atomic mass is 16.5. The molecule has 0 aliphatic rings. The number of ketones is 1. The molecule has 0 unspecified atom stereocenters. The van der Waals surface area contributed by atoms with Crippen molar-refractivity contribution in [3.8, 4) is 5.88 Å². The molecular formula is C8H8N2O3. The largest absolute Gasteiger partial charge is 0.481 e. The topological polar surface area (TPSA) is 82.3 Å². The van der Waals surface area contributed by atoms with Crippen molar-refractivity contribution < 1.29 is 14.3 Å². The van der Waals surface area contributed by atoms with Gasteiger partial charge in [-0.15, -0.1) is 0 Å². The van der Waals surface area contributed by atoms with Crippen LogP contribution in [0, 0.1) is 0 Å². The first-order valence-electron chi connectivity index (χ1n) is 3.49. The number of hydrogen-bond donors (Lipinski definition) is 1. The Hall–Kier alpha value is -1.91. The molecule has 0 aliphatic heterocycles. The molecule has 0 saturated carbocycles. The Balaban J connectivity index is 3.02. The van der Waals surface area contributed by atoms with Gasteiger partial charge in [0.2, 0.25) is 11.7 Å². The van der Waals surface area contributed by atoms with Gasteiger partial charge in [-0.1, -0.05) is 0 Å². The number of nitrogens with two attached hydrogens (primary N) is 1. The van der Waals surface area contributed by atoms with E-state index < -0.39 is 11.7 Å². The van der Waals surface area contributed by atoms with Crippen LogP contribution in [0.3, 0.4) is 0 Å². The summed E-state index contributed by atoms with van der Waals surface area (Å²) in [6, 6.07) is 2.75. The van der Waals surface area contributed by atoms with Gasteiger partial charge in [0.05, 0.1) is 7.11 Å². The molecular weight excluding hydrogens is 172 g/mol. The summed E-state index contributed by atoms with van der Waals surface area (Å²) in [5.74, 6) is -1.47. The monoisotopic (exact) mass is 180 g/mol. The SMILES string of the molecule is COc1cc(C(=O)C(N)=O)ccn1. The molecule has 1 aromatic heterocycles. The summed E-state index contributed by atoms with van der Waals surface area (Å²) in [5, 5.41) is 0. The standard InChI is InChI=1S/C8H8N2O3/c1-13-6-4-5(2-3-10-6)7(11)8(9)12/h2-4H,1H3,(H2,9,12). The van der Waals surface area contributed by atoms with Crippen LogP contribution in [0.15, 0.2) is 18.3 Å². The highest BCUT2D eigenvalue weighted by Crippen LogP contribution is 2.08. The first-order valence-corrected chi connectivity index (χ1v) is 3.49. The lowest BCUT2D eigenvalue weighted by atomic mass is 10.2. The van der Waals surface area contributed by atoms with Crippen LogP contribution in [0.4, 0.5) is 0 Å². The van der Waals surface area contributed by atoms with Crippen LogP contribution in [0.2, 0.25) is 0 Å². The Bertz CT molecular complexity index is 349. The van der Waals surface area contributed by atoms with E-state index in [1.807, 2.05) is 0 Å². The van der Waals surface area contributed by atoms with Crippen molar-refractivity contribution in [3.63, 3.8) is 0 Å². The molecule has 0 radical (unpaired) electrons. The zero-order valence-corrected chi connectivity index (χ0v) is 6.98. The lowest BCUT2D eigenvalue weighted by Crippen LogP contribution is -2.23. The smallest absolute Gasteiger partial charge is 0.289 e. The second kappa shape index (κ2) is 3.66. The lowest BCUT2D eigenvalue weighted by Gasteiger charge is -1.99. The molecule has 0 bridgehead atoms. The van der Waals surface area contributed by atoms with Crippen molar-refractivity contribution in [3.05, 3.63) is 23.9 Å². The maximum atomic E-state index is 11.1. The normalized spacial score (nSPS) is 9.31. The summed E-state index contributed by atoms with van der Waals surface area (Å²) in [7, 11) is 1.42. The van der Waals surface area contributed by atoms with Crippen molar-refractivity contribution in [2.75, 3.05) is 7.11 Å². The van der Waals surface area contributed by atoms with Crippen molar-refractivity contribution >= 4 is 11.7 Å². The molecule has 1 heterocycles. The van der Waals surface area contributed by atoms with E-state index in [1.54, 1.807) is 0 Å². The molecule has 0 aliphatic carbocycles. The van der Waals surface area contributed by atoms with Gasteiger partial charge in [0, 0.05) is 17.8 Å². The number of nitrogens with zero attached hydrogens (tertiary/aromatic N) is 1. The minimum atomic E-state index is -0.992. The van der Waals surface area contributed by atoms with E-state index in [0.717, 1.165) is 0 Å². The van der Waals surface area contributed by atoms with Crippen molar-refractivity contribution in [2.24, 2.45) is 5.73 Å². The number of carbonyl (C=O) groups excluding carboxylic acids is 2. The van der Waals surface area contributed by atoms with E-state index in [-0.39, 0.29) is 11.4 Å². The van der Waals surface area contributed by atoms with Crippen LogP contribution in [0.1, 0.15) is 10.4 Å². The number of rotatable bonds is 3. The number of primary amides is 1. The van der Waals surface area contributed by atoms with E-state index in [2.05, 4.69) is 4.98 Å². The van der Waals surface area contributed by atoms with E-state index in [0.29, 0.717) is 0 Å². The lowest BCUT2D eigenvalue weighted by molar-refractivity contribution is -0.114. The Kier molecular flexibility index (Phi) is 2.59. The fraction of sp³-hybridized carbons (Fsp3) is 0.125. The summed E-state index contributed by atoms with van der Waals surface area (Å²) in [6.07, 6.45) is 1.37. The number of carbonyl (C=O) groups is 2. The van der Waals surface area contributed by atoms with Gasteiger partial charge >= 0.3 is 0 Å². The maximum Gasteiger partial charge on any atom is 0.289 e. The minimum absolute atomic E-state index is 0.180. The predicted molar refractivity (Wildman–Crippen MR) is 44.3 cm³/mol. The molecule has 13 heavy (non-hydrogen) atoms. The van der Waals surface area contributed by atoms with Crippen molar-refractivity contribution in [1.29, 1.82) is 0 Å². The second-order valence-electron chi connectivity index (χ2n) is 2.28. The van der Waals surface area contributed by atoms with E-state index in [9.17, 15) is 9.59 Å². The molecule has 0 fully saturated rings. The third-order valence-corrected chi connectivity index (χ3v) is 1.43. The molecule has 0 saturated heterocycles. The molecule has 5 heteroatoms. The quantitative estimate of drug-likeness (QED) is 0.514. The van der Waals surface area contributed by atoms with Gasteiger partial charge < -0.3 is 10.5 Å². The Morgan fingerprint density at radius 3 is 2.77 bits per heavy atom. The zero-order chi connectivity index (χ0) is 9.84. The molecule has 0 aromatic carbocycles. The summed E-state index contributed by atoms with van der Waals surface area (Å²) >= 11 is 0. The summed E-state index contributed by atoms with van der Waals surface area (Å²) in [4.78, 5) is 25.3. The average molecular weight is 180 g/mol. The molecule has 68 valence electrons. The summed E-state index contributed by atoms with van der Waals surface area (Å²) in [5.41, 5.74) is 4.99. The van der Waals surface area contributed by atoms with Crippen molar-refractivity contribution in [1.82, 2.24) is 4.98 Å². The van der Waals surface area contributed by atoms with Gasteiger partial charge in [0.25, 0.3) is 5.91 Å². The van der Waals surface area contributed by atoms with Crippen LogP contribution in [-0.4, -0.2) is 23.8 Å². The number of methoxy groups -OCH3 is 1. The average Bonchev–Trinajstić information content (AvgIpc) is 2.16. The summed E-state index contributed by atoms with van der Waals surface area (Å²) < 4.78 is 4.77. The first kappa shape index (κ1) is 9.18. The van der Waals surface area contributed by atoms with Gasteiger partial charge in [-0.05, 0) is 6.07 Å². The van der Waals surface area contributed by atoms with Crippen LogP contribution in [-0.2, 0) is 4.79 Å². The Labute approximate surface area is 74.5 Å². The molecule has 0 atom stereocenters. The predicted octanol–water partition coefficient (Wildman–Crippen LogP) is -0.242.